The quantitative estimate of drug-likeness (QED) is 0.405. The van der Waals surface area contributed by atoms with Crippen molar-refractivity contribution in [1.29, 1.82) is 0 Å². The highest BCUT2D eigenvalue weighted by molar-refractivity contribution is 5.93. The first-order chi connectivity index (χ1) is 17.9. The monoisotopic (exact) mass is 540 g/mol. The number of hydrogen-bond acceptors (Lipinski definition) is 3. The molecule has 4 rings (SSSR count). The second kappa shape index (κ2) is 10.7. The van der Waals surface area contributed by atoms with Gasteiger partial charge in [-0.25, -0.2) is 4.98 Å². The predicted molar refractivity (Wildman–Crippen MR) is 127 cm³/mol. The van der Waals surface area contributed by atoms with E-state index in [4.69, 9.17) is 0 Å². The second-order valence-corrected chi connectivity index (χ2v) is 9.54. The van der Waals surface area contributed by atoms with Crippen molar-refractivity contribution < 1.29 is 35.9 Å². The van der Waals surface area contributed by atoms with Crippen LogP contribution in [0.5, 0.6) is 0 Å². The van der Waals surface area contributed by atoms with Gasteiger partial charge in [-0.1, -0.05) is 37.5 Å². The summed E-state index contributed by atoms with van der Waals surface area (Å²) in [6.45, 7) is -1.23. The van der Waals surface area contributed by atoms with Crippen LogP contribution in [0, 0.1) is 0 Å². The highest BCUT2D eigenvalue weighted by atomic mass is 19.4. The van der Waals surface area contributed by atoms with Crippen LogP contribution >= 0.6 is 0 Å². The number of pyridine rings is 1. The van der Waals surface area contributed by atoms with Gasteiger partial charge in [-0.2, -0.15) is 26.3 Å². The molecule has 1 aliphatic carbocycles. The zero-order chi connectivity index (χ0) is 27.6. The number of hydrogen-bond donors (Lipinski definition) is 2. The Morgan fingerprint density at radius 3 is 2.24 bits per heavy atom. The van der Waals surface area contributed by atoms with Gasteiger partial charge in [0.05, 0.1) is 17.7 Å². The first-order valence-corrected chi connectivity index (χ1v) is 12.1. The smallest absolute Gasteiger partial charge is 0.350 e. The summed E-state index contributed by atoms with van der Waals surface area (Å²) in [5.74, 6) is -1.30. The van der Waals surface area contributed by atoms with Crippen molar-refractivity contribution in [3.63, 3.8) is 0 Å². The zero-order valence-corrected chi connectivity index (χ0v) is 20.3. The molecular weight excluding hydrogens is 514 g/mol. The molecule has 0 unspecified atom stereocenters. The Hall–Kier alpha value is -3.57. The van der Waals surface area contributed by atoms with E-state index in [1.54, 1.807) is 23.5 Å². The van der Waals surface area contributed by atoms with Gasteiger partial charge in [0.2, 0.25) is 5.91 Å². The number of imidazole rings is 1. The number of nitrogens with zero attached hydrogens (tertiary/aromatic N) is 2. The van der Waals surface area contributed by atoms with Gasteiger partial charge in [0.25, 0.3) is 5.91 Å². The van der Waals surface area contributed by atoms with E-state index in [9.17, 15) is 35.9 Å². The van der Waals surface area contributed by atoms with Crippen LogP contribution in [0.15, 0.2) is 48.7 Å². The van der Waals surface area contributed by atoms with Crippen molar-refractivity contribution in [2.45, 2.75) is 56.3 Å². The summed E-state index contributed by atoms with van der Waals surface area (Å²) in [6, 6.07) is 9.82. The molecule has 0 atom stereocenters. The van der Waals surface area contributed by atoms with E-state index < -0.39 is 48.1 Å². The summed E-state index contributed by atoms with van der Waals surface area (Å²) in [7, 11) is 0. The molecule has 0 aliphatic heterocycles. The van der Waals surface area contributed by atoms with Crippen molar-refractivity contribution >= 4 is 17.5 Å². The van der Waals surface area contributed by atoms with E-state index in [1.165, 1.54) is 22.7 Å². The van der Waals surface area contributed by atoms with Crippen LogP contribution in [0.25, 0.3) is 5.65 Å². The number of amides is 2. The van der Waals surface area contributed by atoms with E-state index in [-0.39, 0.29) is 17.9 Å². The molecule has 204 valence electrons. The van der Waals surface area contributed by atoms with Crippen LogP contribution < -0.4 is 10.6 Å². The maximum absolute atomic E-state index is 13.2. The first-order valence-electron chi connectivity index (χ1n) is 12.1. The largest absolute Gasteiger partial charge is 0.416 e. The van der Waals surface area contributed by atoms with E-state index in [0.717, 1.165) is 37.0 Å². The molecule has 0 saturated heterocycles. The summed E-state index contributed by atoms with van der Waals surface area (Å²) >= 11 is 0. The number of fused-ring (bicyclic) bond motifs is 1. The summed E-state index contributed by atoms with van der Waals surface area (Å²) in [5, 5.41) is 4.70. The molecule has 38 heavy (non-hydrogen) atoms. The minimum Gasteiger partial charge on any atom is -0.350 e. The Morgan fingerprint density at radius 1 is 0.921 bits per heavy atom. The molecule has 1 aromatic carbocycles. The van der Waals surface area contributed by atoms with Gasteiger partial charge in [-0.3, -0.25) is 14.0 Å². The molecule has 1 saturated carbocycles. The molecule has 2 heterocycles. The topological polar surface area (TPSA) is 75.5 Å². The molecule has 1 fully saturated rings. The number of rotatable bonds is 7. The summed E-state index contributed by atoms with van der Waals surface area (Å²) in [4.78, 5) is 29.3. The fraction of sp³-hybridized carbons (Fsp3) is 0.423. The van der Waals surface area contributed by atoms with Crippen LogP contribution in [-0.2, 0) is 22.8 Å². The molecule has 12 heteroatoms. The lowest BCUT2D eigenvalue weighted by Gasteiger charge is -2.38. The Balaban J connectivity index is 1.50. The van der Waals surface area contributed by atoms with Gasteiger partial charge < -0.3 is 10.6 Å². The van der Waals surface area contributed by atoms with Crippen molar-refractivity contribution in [2.75, 3.05) is 13.1 Å². The third kappa shape index (κ3) is 6.46. The van der Waals surface area contributed by atoms with Crippen LogP contribution in [0.1, 0.15) is 59.4 Å². The van der Waals surface area contributed by atoms with Crippen LogP contribution in [0.4, 0.5) is 26.3 Å². The van der Waals surface area contributed by atoms with Gasteiger partial charge >= 0.3 is 12.4 Å². The maximum Gasteiger partial charge on any atom is 0.416 e. The molecule has 2 amide bonds. The van der Waals surface area contributed by atoms with Gasteiger partial charge in [-0.15, -0.1) is 0 Å². The number of benzene rings is 1. The number of alkyl halides is 6. The molecule has 0 bridgehead atoms. The lowest BCUT2D eigenvalue weighted by Crippen LogP contribution is -2.42. The summed E-state index contributed by atoms with van der Waals surface area (Å²) in [5.41, 5.74) is 0.229. The van der Waals surface area contributed by atoms with Gasteiger partial charge in [0, 0.05) is 18.2 Å². The standard InChI is InChI=1S/C26H26F6N4O2/c27-25(28,29)16-33-22(37)13-19-14-36-20(5-4-6-21(36)35-19)23(38)34-15-24(11-2-1-3-12-24)17-7-9-18(10-8-17)26(30,31)32/h4-10,14H,1-3,11-13,15-16H2,(H,33,37)(H,34,38). The average molecular weight is 541 g/mol. The molecule has 2 N–H and O–H groups in total. The highest BCUT2D eigenvalue weighted by Crippen LogP contribution is 2.40. The third-order valence-electron chi connectivity index (χ3n) is 6.82. The Kier molecular flexibility index (Phi) is 7.70. The average Bonchev–Trinajstić information content (AvgIpc) is 3.28. The molecule has 0 radical (unpaired) electrons. The van der Waals surface area contributed by atoms with E-state index in [0.29, 0.717) is 18.5 Å². The maximum atomic E-state index is 13.2. The minimum atomic E-state index is -4.53. The van der Waals surface area contributed by atoms with Gasteiger partial charge in [-0.05, 0) is 42.7 Å². The molecule has 0 spiro atoms. The predicted octanol–water partition coefficient (Wildman–Crippen LogP) is 5.21. The summed E-state index contributed by atoms with van der Waals surface area (Å²) in [6.07, 6.45) is -3.75. The fourth-order valence-electron chi connectivity index (χ4n) is 4.91. The van der Waals surface area contributed by atoms with E-state index >= 15 is 0 Å². The van der Waals surface area contributed by atoms with Crippen molar-refractivity contribution in [1.82, 2.24) is 20.0 Å². The second-order valence-electron chi connectivity index (χ2n) is 9.54. The van der Waals surface area contributed by atoms with E-state index in [1.807, 2.05) is 0 Å². The van der Waals surface area contributed by atoms with Crippen molar-refractivity contribution in [3.8, 4) is 0 Å². The zero-order valence-electron chi connectivity index (χ0n) is 20.3. The lowest BCUT2D eigenvalue weighted by atomic mass is 9.69. The molecule has 6 nitrogen and oxygen atoms in total. The van der Waals surface area contributed by atoms with Crippen LogP contribution in [-0.4, -0.2) is 40.5 Å². The number of nitrogens with one attached hydrogen (secondary N) is 2. The number of aromatic nitrogens is 2. The Labute approximate surface area is 214 Å². The normalized spacial score (nSPS) is 15.8. The minimum absolute atomic E-state index is 0.193. The third-order valence-corrected chi connectivity index (χ3v) is 6.82. The first kappa shape index (κ1) is 27.5. The van der Waals surface area contributed by atoms with E-state index in [2.05, 4.69) is 10.3 Å². The van der Waals surface area contributed by atoms with Gasteiger partial charge in [0.1, 0.15) is 17.9 Å². The fourth-order valence-corrected chi connectivity index (χ4v) is 4.91. The lowest BCUT2D eigenvalue weighted by molar-refractivity contribution is -0.138. The van der Waals surface area contributed by atoms with Crippen LogP contribution in [0.2, 0.25) is 0 Å². The molecule has 1 aliphatic rings. The number of carbonyl (C=O) groups excluding carboxylic acids is 2. The number of carbonyl (C=O) groups is 2. The Bertz CT molecular complexity index is 1290. The SMILES string of the molecule is O=C(Cc1cn2c(C(=O)NCC3(c4ccc(C(F)(F)F)cc4)CCCCC3)cccc2n1)NCC(F)(F)F. The summed E-state index contributed by atoms with van der Waals surface area (Å²) < 4.78 is 77.6. The highest BCUT2D eigenvalue weighted by Gasteiger charge is 2.36. The molecule has 2 aromatic heterocycles. The number of halogens is 6. The van der Waals surface area contributed by atoms with Crippen molar-refractivity contribution in [3.05, 3.63) is 71.2 Å². The Morgan fingerprint density at radius 2 is 1.61 bits per heavy atom. The van der Waals surface area contributed by atoms with Crippen LogP contribution in [0.3, 0.4) is 0 Å². The van der Waals surface area contributed by atoms with Gasteiger partial charge in [0.15, 0.2) is 0 Å². The van der Waals surface area contributed by atoms with Crippen molar-refractivity contribution in [2.24, 2.45) is 0 Å². The molecule has 3 aromatic rings. The molecular formula is C26H26F6N4O2.